The highest BCUT2D eigenvalue weighted by molar-refractivity contribution is 6.06. The topological polar surface area (TPSA) is 70.2 Å². The first-order chi connectivity index (χ1) is 10.6. The van der Waals surface area contributed by atoms with E-state index >= 15 is 0 Å². The number of piperidine rings is 1. The number of carbonyl (C=O) groups is 3. The summed E-state index contributed by atoms with van der Waals surface area (Å²) in [4.78, 5) is 41.6. The lowest BCUT2D eigenvalue weighted by Gasteiger charge is -2.42. The number of carbonyl (C=O) groups excluding carboxylic acids is 3. The lowest BCUT2D eigenvalue weighted by molar-refractivity contribution is -0.134. The Balaban J connectivity index is 2.10. The molecule has 0 aliphatic carbocycles. The third kappa shape index (κ3) is 3.14. The predicted molar refractivity (Wildman–Crippen MR) is 84.9 cm³/mol. The lowest BCUT2D eigenvalue weighted by Crippen LogP contribution is -2.57. The van der Waals surface area contributed by atoms with Gasteiger partial charge in [0.25, 0.3) is 5.91 Å². The van der Waals surface area contributed by atoms with E-state index in [1.807, 2.05) is 27.7 Å². The van der Waals surface area contributed by atoms with Crippen molar-refractivity contribution < 1.29 is 19.1 Å². The molecule has 2 aliphatic heterocycles. The summed E-state index contributed by atoms with van der Waals surface area (Å²) in [5, 5.41) is 0. The number of hydrogen-bond donors (Lipinski definition) is 0. The summed E-state index contributed by atoms with van der Waals surface area (Å²) < 4.78 is 5.38. The SMILES string of the molecule is CCCN1C(=O)N(C)C(=O)C12CCN(C(=O)OC(C)(C)C)CC2. The zero-order valence-corrected chi connectivity index (χ0v) is 14.7. The van der Waals surface area contributed by atoms with Crippen molar-refractivity contribution in [3.63, 3.8) is 0 Å². The van der Waals surface area contributed by atoms with Crippen LogP contribution in [0.5, 0.6) is 0 Å². The minimum absolute atomic E-state index is 0.153. The molecule has 0 N–H and O–H groups in total. The minimum atomic E-state index is -0.791. The molecule has 2 rings (SSSR count). The molecule has 0 aromatic carbocycles. The molecule has 0 radical (unpaired) electrons. The number of imide groups is 1. The number of likely N-dealkylation sites (tertiary alicyclic amines) is 1. The van der Waals surface area contributed by atoms with Crippen LogP contribution in [0, 0.1) is 0 Å². The van der Waals surface area contributed by atoms with Crippen molar-refractivity contribution in [1.82, 2.24) is 14.7 Å². The highest BCUT2D eigenvalue weighted by atomic mass is 16.6. The van der Waals surface area contributed by atoms with Crippen molar-refractivity contribution in [2.45, 2.75) is 58.1 Å². The number of rotatable bonds is 2. The van der Waals surface area contributed by atoms with Crippen LogP contribution in [-0.2, 0) is 9.53 Å². The fourth-order valence-corrected chi connectivity index (χ4v) is 3.28. The van der Waals surface area contributed by atoms with E-state index in [2.05, 4.69) is 0 Å². The Hall–Kier alpha value is -1.79. The molecule has 0 unspecified atom stereocenters. The van der Waals surface area contributed by atoms with Gasteiger partial charge in [-0.3, -0.25) is 9.69 Å². The van der Waals surface area contributed by atoms with Gasteiger partial charge in [0.05, 0.1) is 0 Å². The summed E-state index contributed by atoms with van der Waals surface area (Å²) in [5.74, 6) is -0.153. The Morgan fingerprint density at radius 3 is 2.26 bits per heavy atom. The van der Waals surface area contributed by atoms with Crippen LogP contribution in [0.4, 0.5) is 9.59 Å². The molecule has 4 amide bonds. The first-order valence-corrected chi connectivity index (χ1v) is 8.20. The van der Waals surface area contributed by atoms with Crippen molar-refractivity contribution >= 4 is 18.0 Å². The third-order valence-corrected chi connectivity index (χ3v) is 4.43. The van der Waals surface area contributed by atoms with Crippen molar-refractivity contribution in [3.8, 4) is 0 Å². The van der Waals surface area contributed by atoms with Gasteiger partial charge in [-0.1, -0.05) is 6.92 Å². The van der Waals surface area contributed by atoms with E-state index in [4.69, 9.17) is 4.74 Å². The van der Waals surface area contributed by atoms with Gasteiger partial charge in [-0.2, -0.15) is 0 Å². The van der Waals surface area contributed by atoms with Gasteiger partial charge < -0.3 is 14.5 Å². The van der Waals surface area contributed by atoms with Gasteiger partial charge in [0.15, 0.2) is 0 Å². The Morgan fingerprint density at radius 1 is 1.22 bits per heavy atom. The number of nitrogens with zero attached hydrogens (tertiary/aromatic N) is 3. The molecular weight excluding hydrogens is 298 g/mol. The molecule has 0 atom stereocenters. The average Bonchev–Trinajstić information content (AvgIpc) is 2.63. The van der Waals surface area contributed by atoms with Crippen LogP contribution in [0.2, 0.25) is 0 Å². The molecule has 0 aromatic heterocycles. The van der Waals surface area contributed by atoms with E-state index in [0.29, 0.717) is 32.5 Å². The minimum Gasteiger partial charge on any atom is -0.444 e. The first kappa shape index (κ1) is 17.6. The van der Waals surface area contributed by atoms with E-state index in [0.717, 1.165) is 6.42 Å². The first-order valence-electron chi connectivity index (χ1n) is 8.20. The maximum atomic E-state index is 12.6. The highest BCUT2D eigenvalue weighted by Crippen LogP contribution is 2.37. The van der Waals surface area contributed by atoms with Crippen LogP contribution in [0.1, 0.15) is 47.0 Å². The standard InChI is InChI=1S/C16H27N3O4/c1-6-9-19-13(21)17(5)12(20)16(19)7-10-18(11-8-16)14(22)23-15(2,3)4/h6-11H2,1-5H3. The second-order valence-corrected chi connectivity index (χ2v) is 7.30. The van der Waals surface area contributed by atoms with Gasteiger partial charge in [-0.25, -0.2) is 9.59 Å². The largest absolute Gasteiger partial charge is 0.444 e. The third-order valence-electron chi connectivity index (χ3n) is 4.43. The van der Waals surface area contributed by atoms with Gasteiger partial charge in [-0.05, 0) is 40.0 Å². The van der Waals surface area contributed by atoms with E-state index in [9.17, 15) is 14.4 Å². The number of amides is 4. The van der Waals surface area contributed by atoms with E-state index in [-0.39, 0.29) is 18.0 Å². The summed E-state index contributed by atoms with van der Waals surface area (Å²) in [5.41, 5.74) is -1.33. The molecule has 7 heteroatoms. The Morgan fingerprint density at radius 2 is 1.78 bits per heavy atom. The van der Waals surface area contributed by atoms with Crippen LogP contribution >= 0.6 is 0 Å². The molecule has 2 fully saturated rings. The molecule has 2 saturated heterocycles. The Kier molecular flexibility index (Phi) is 4.59. The van der Waals surface area contributed by atoms with Crippen LogP contribution < -0.4 is 0 Å². The number of hydrogen-bond acceptors (Lipinski definition) is 4. The summed E-state index contributed by atoms with van der Waals surface area (Å²) in [7, 11) is 1.53. The quantitative estimate of drug-likeness (QED) is 0.729. The second-order valence-electron chi connectivity index (χ2n) is 7.30. The van der Waals surface area contributed by atoms with Gasteiger partial charge >= 0.3 is 12.1 Å². The number of ether oxygens (including phenoxy) is 1. The zero-order valence-electron chi connectivity index (χ0n) is 14.7. The second kappa shape index (κ2) is 6.02. The Bertz CT molecular complexity index is 504. The smallest absolute Gasteiger partial charge is 0.410 e. The number of urea groups is 1. The van der Waals surface area contributed by atoms with Crippen LogP contribution in [-0.4, -0.2) is 70.6 Å². The normalized spacial score (nSPS) is 21.3. The predicted octanol–water partition coefficient (Wildman–Crippen LogP) is 2.06. The van der Waals surface area contributed by atoms with Crippen LogP contribution in [0.15, 0.2) is 0 Å². The molecule has 7 nitrogen and oxygen atoms in total. The van der Waals surface area contributed by atoms with Gasteiger partial charge in [0.2, 0.25) is 0 Å². The maximum absolute atomic E-state index is 12.6. The van der Waals surface area contributed by atoms with Gasteiger partial charge in [0.1, 0.15) is 11.1 Å². The monoisotopic (exact) mass is 325 g/mol. The summed E-state index contributed by atoms with van der Waals surface area (Å²) in [6.45, 7) is 8.86. The summed E-state index contributed by atoms with van der Waals surface area (Å²) in [6, 6.07) is -0.234. The van der Waals surface area contributed by atoms with Gasteiger partial charge in [0, 0.05) is 26.7 Å². The molecule has 2 heterocycles. The van der Waals surface area contributed by atoms with Crippen molar-refractivity contribution in [1.29, 1.82) is 0 Å². The highest BCUT2D eigenvalue weighted by Gasteiger charge is 2.56. The van der Waals surface area contributed by atoms with Crippen LogP contribution in [0.25, 0.3) is 0 Å². The fraction of sp³-hybridized carbons (Fsp3) is 0.812. The van der Waals surface area contributed by atoms with E-state index in [1.165, 1.54) is 11.9 Å². The molecule has 1 spiro atoms. The zero-order chi connectivity index (χ0) is 17.4. The van der Waals surface area contributed by atoms with E-state index < -0.39 is 11.1 Å². The summed E-state index contributed by atoms with van der Waals surface area (Å²) >= 11 is 0. The number of likely N-dealkylation sites (N-methyl/N-ethyl adjacent to an activating group) is 1. The average molecular weight is 325 g/mol. The summed E-state index contributed by atoms with van der Waals surface area (Å²) in [6.07, 6.45) is 1.35. The van der Waals surface area contributed by atoms with Crippen molar-refractivity contribution in [3.05, 3.63) is 0 Å². The van der Waals surface area contributed by atoms with Gasteiger partial charge in [-0.15, -0.1) is 0 Å². The molecule has 0 aromatic rings. The molecule has 0 saturated carbocycles. The fourth-order valence-electron chi connectivity index (χ4n) is 3.28. The molecular formula is C16H27N3O4. The Labute approximate surface area is 137 Å². The van der Waals surface area contributed by atoms with Crippen molar-refractivity contribution in [2.24, 2.45) is 0 Å². The molecule has 0 bridgehead atoms. The van der Waals surface area contributed by atoms with E-state index in [1.54, 1.807) is 9.80 Å². The lowest BCUT2D eigenvalue weighted by atomic mass is 9.86. The maximum Gasteiger partial charge on any atom is 0.410 e. The van der Waals surface area contributed by atoms with Crippen molar-refractivity contribution in [2.75, 3.05) is 26.7 Å². The molecule has 23 heavy (non-hydrogen) atoms. The molecule has 2 aliphatic rings. The molecule has 130 valence electrons. The van der Waals surface area contributed by atoms with Crippen LogP contribution in [0.3, 0.4) is 0 Å².